The largest absolute Gasteiger partial charge is 0.417 e. The highest BCUT2D eigenvalue weighted by Crippen LogP contribution is 2.35. The van der Waals surface area contributed by atoms with E-state index in [0.29, 0.717) is 6.54 Å². The van der Waals surface area contributed by atoms with Crippen LogP contribution in [0.3, 0.4) is 0 Å². The van der Waals surface area contributed by atoms with Crippen LogP contribution in [-0.4, -0.2) is 18.0 Å². The molecule has 0 radical (unpaired) electrons. The zero-order valence-corrected chi connectivity index (χ0v) is 19.9. The number of benzene rings is 1. The van der Waals surface area contributed by atoms with Gasteiger partial charge >= 0.3 is 6.18 Å². The number of alkyl halides is 3. The Balaban J connectivity index is 2.59. The molecule has 0 aliphatic heterocycles. The quantitative estimate of drug-likeness (QED) is 0.214. The van der Waals surface area contributed by atoms with E-state index in [9.17, 15) is 13.2 Å². The average Bonchev–Trinajstić information content (AvgIpc) is 2.67. The Hall–Kier alpha value is -0.550. The molecule has 0 unspecified atom stereocenters. The van der Waals surface area contributed by atoms with Crippen molar-refractivity contribution >= 4 is 15.9 Å². The normalized spacial score (nSPS) is 12.1. The van der Waals surface area contributed by atoms with E-state index in [2.05, 4.69) is 34.7 Å². The van der Waals surface area contributed by atoms with Crippen molar-refractivity contribution in [2.75, 3.05) is 13.1 Å². The van der Waals surface area contributed by atoms with Crippen molar-refractivity contribution < 1.29 is 13.2 Å². The Bertz CT molecular complexity index is 529. The van der Waals surface area contributed by atoms with Crippen LogP contribution in [-0.2, 0) is 12.7 Å². The first-order chi connectivity index (χ1) is 13.9. The molecule has 1 rings (SSSR count). The van der Waals surface area contributed by atoms with Gasteiger partial charge in [0, 0.05) is 11.0 Å². The lowest BCUT2D eigenvalue weighted by molar-refractivity contribution is -0.138. The minimum Gasteiger partial charge on any atom is -0.299 e. The maximum Gasteiger partial charge on any atom is 0.417 e. The first kappa shape index (κ1) is 26.5. The SMILES string of the molecule is CCCCCCCCN(CCCCCCCC)Cc1ccc(Br)c(C(F)(F)F)c1. The van der Waals surface area contributed by atoms with E-state index >= 15 is 0 Å². The summed E-state index contributed by atoms with van der Waals surface area (Å²) in [6.07, 6.45) is 10.5. The lowest BCUT2D eigenvalue weighted by atomic mass is 10.1. The minimum absolute atomic E-state index is 0.118. The summed E-state index contributed by atoms with van der Waals surface area (Å²) >= 11 is 3.04. The Kier molecular flexibility index (Phi) is 14.0. The van der Waals surface area contributed by atoms with E-state index < -0.39 is 11.7 Å². The van der Waals surface area contributed by atoms with Crippen molar-refractivity contribution in [1.82, 2.24) is 4.90 Å². The second-order valence-corrected chi connectivity index (χ2v) is 8.98. The van der Waals surface area contributed by atoms with Gasteiger partial charge in [-0.15, -0.1) is 0 Å². The molecule has 0 saturated heterocycles. The zero-order valence-electron chi connectivity index (χ0n) is 18.3. The number of rotatable bonds is 16. The summed E-state index contributed by atoms with van der Waals surface area (Å²) in [6, 6.07) is 4.65. The first-order valence-electron chi connectivity index (χ1n) is 11.5. The molecule has 1 nitrogen and oxygen atoms in total. The van der Waals surface area contributed by atoms with Crippen LogP contribution in [0.4, 0.5) is 13.2 Å². The third-order valence-corrected chi connectivity index (χ3v) is 6.09. The fourth-order valence-electron chi connectivity index (χ4n) is 3.65. The van der Waals surface area contributed by atoms with Crippen LogP contribution in [0, 0.1) is 0 Å². The summed E-state index contributed by atoms with van der Waals surface area (Å²) < 4.78 is 39.8. The van der Waals surface area contributed by atoms with Crippen molar-refractivity contribution in [1.29, 1.82) is 0 Å². The van der Waals surface area contributed by atoms with E-state index in [1.165, 1.54) is 76.3 Å². The average molecular weight is 478 g/mol. The summed E-state index contributed by atoms with van der Waals surface area (Å²) in [5.41, 5.74) is 0.173. The molecule has 0 saturated carbocycles. The highest BCUT2D eigenvalue weighted by atomic mass is 79.9. The van der Waals surface area contributed by atoms with Gasteiger partial charge in [-0.2, -0.15) is 13.2 Å². The fraction of sp³-hybridized carbons (Fsp3) is 0.750. The van der Waals surface area contributed by atoms with Gasteiger partial charge in [0.05, 0.1) is 5.56 Å². The van der Waals surface area contributed by atoms with E-state index in [4.69, 9.17) is 0 Å². The minimum atomic E-state index is -4.32. The molecule has 1 aromatic carbocycles. The Morgan fingerprint density at radius 1 is 0.759 bits per heavy atom. The number of hydrogen-bond acceptors (Lipinski definition) is 1. The fourth-order valence-corrected chi connectivity index (χ4v) is 4.12. The van der Waals surface area contributed by atoms with Crippen LogP contribution in [0.5, 0.6) is 0 Å². The molecule has 168 valence electrons. The van der Waals surface area contributed by atoms with Crippen LogP contribution in [0.1, 0.15) is 102 Å². The maximum absolute atomic E-state index is 13.2. The third-order valence-electron chi connectivity index (χ3n) is 5.40. The van der Waals surface area contributed by atoms with Gasteiger partial charge in [0.1, 0.15) is 0 Å². The van der Waals surface area contributed by atoms with E-state index in [1.54, 1.807) is 0 Å². The highest BCUT2D eigenvalue weighted by molar-refractivity contribution is 9.10. The molecule has 0 N–H and O–H groups in total. The summed E-state index contributed by atoms with van der Waals surface area (Å²) in [5, 5.41) is 0. The van der Waals surface area contributed by atoms with Crippen molar-refractivity contribution in [2.45, 2.75) is 104 Å². The van der Waals surface area contributed by atoms with Crippen LogP contribution in [0.25, 0.3) is 0 Å². The smallest absolute Gasteiger partial charge is 0.299 e. The monoisotopic (exact) mass is 477 g/mol. The predicted molar refractivity (Wildman–Crippen MR) is 121 cm³/mol. The van der Waals surface area contributed by atoms with Gasteiger partial charge in [0.15, 0.2) is 0 Å². The Morgan fingerprint density at radius 3 is 1.72 bits per heavy atom. The second-order valence-electron chi connectivity index (χ2n) is 8.12. The van der Waals surface area contributed by atoms with Gasteiger partial charge in [-0.05, 0) is 43.6 Å². The predicted octanol–water partition coefficient (Wildman–Crippen LogP) is 8.99. The summed E-state index contributed by atoms with van der Waals surface area (Å²) in [4.78, 5) is 2.35. The maximum atomic E-state index is 13.2. The van der Waals surface area contributed by atoms with Gasteiger partial charge in [-0.25, -0.2) is 0 Å². The van der Waals surface area contributed by atoms with Crippen LogP contribution >= 0.6 is 15.9 Å². The molecular formula is C24H39BrF3N. The molecule has 0 amide bonds. The summed E-state index contributed by atoms with van der Waals surface area (Å²) in [6.45, 7) is 6.97. The van der Waals surface area contributed by atoms with Crippen LogP contribution in [0.2, 0.25) is 0 Å². The molecule has 29 heavy (non-hydrogen) atoms. The molecule has 0 aromatic heterocycles. The molecule has 1 aromatic rings. The lowest BCUT2D eigenvalue weighted by Crippen LogP contribution is -2.26. The van der Waals surface area contributed by atoms with Gasteiger partial charge in [0.25, 0.3) is 0 Å². The molecule has 0 aliphatic rings. The summed E-state index contributed by atoms with van der Waals surface area (Å²) in [7, 11) is 0. The van der Waals surface area contributed by atoms with Crippen LogP contribution in [0.15, 0.2) is 22.7 Å². The van der Waals surface area contributed by atoms with Crippen molar-refractivity contribution in [2.24, 2.45) is 0 Å². The molecule has 5 heteroatoms. The molecule has 0 bridgehead atoms. The third kappa shape index (κ3) is 12.0. The van der Waals surface area contributed by atoms with Gasteiger partial charge in [0.2, 0.25) is 0 Å². The van der Waals surface area contributed by atoms with E-state index in [0.717, 1.165) is 31.5 Å². The molecular weight excluding hydrogens is 439 g/mol. The number of unbranched alkanes of at least 4 members (excludes halogenated alkanes) is 10. The van der Waals surface area contributed by atoms with Gasteiger partial charge in [-0.3, -0.25) is 4.90 Å². The first-order valence-corrected chi connectivity index (χ1v) is 12.3. The molecule has 0 heterocycles. The lowest BCUT2D eigenvalue weighted by Gasteiger charge is -2.23. The van der Waals surface area contributed by atoms with Crippen molar-refractivity contribution in [3.05, 3.63) is 33.8 Å². The topological polar surface area (TPSA) is 3.24 Å². The number of halogens is 4. The molecule has 0 spiro atoms. The highest BCUT2D eigenvalue weighted by Gasteiger charge is 2.33. The number of nitrogens with zero attached hydrogens (tertiary/aromatic N) is 1. The van der Waals surface area contributed by atoms with E-state index in [1.807, 2.05) is 6.07 Å². The van der Waals surface area contributed by atoms with Gasteiger partial charge < -0.3 is 0 Å². The number of hydrogen-bond donors (Lipinski definition) is 0. The molecule has 0 fully saturated rings. The standard InChI is InChI=1S/C24H39BrF3N/c1-3-5-7-9-11-13-17-29(18-14-12-10-8-6-4-2)20-21-15-16-23(25)22(19-21)24(26,27)28/h15-16,19H,3-14,17-18,20H2,1-2H3. The Morgan fingerprint density at radius 2 is 1.24 bits per heavy atom. The van der Waals surface area contributed by atoms with E-state index in [-0.39, 0.29) is 4.47 Å². The molecule has 0 atom stereocenters. The van der Waals surface area contributed by atoms with Crippen molar-refractivity contribution in [3.63, 3.8) is 0 Å². The van der Waals surface area contributed by atoms with Crippen LogP contribution < -0.4 is 0 Å². The summed E-state index contributed by atoms with van der Waals surface area (Å²) in [5.74, 6) is 0. The molecule has 0 aliphatic carbocycles. The second kappa shape index (κ2) is 15.3. The van der Waals surface area contributed by atoms with Crippen molar-refractivity contribution in [3.8, 4) is 0 Å². The Labute approximate surface area is 184 Å². The van der Waals surface area contributed by atoms with Gasteiger partial charge in [-0.1, -0.05) is 100 Å². The zero-order chi connectivity index (χ0) is 21.5.